The van der Waals surface area contributed by atoms with Crippen molar-refractivity contribution in [3.8, 4) is 0 Å². The molecule has 1 aliphatic rings. The molecular weight excluding hydrogens is 386 g/mol. The fourth-order valence-electron chi connectivity index (χ4n) is 3.95. The van der Waals surface area contributed by atoms with Gasteiger partial charge in [-0.15, -0.1) is 0 Å². The maximum absolute atomic E-state index is 13.2. The van der Waals surface area contributed by atoms with Gasteiger partial charge in [0.25, 0.3) is 5.91 Å². The minimum atomic E-state index is -0.0400. The number of aromatic nitrogens is 4. The van der Waals surface area contributed by atoms with E-state index in [1.54, 1.807) is 17.1 Å². The van der Waals surface area contributed by atoms with E-state index in [1.807, 2.05) is 53.4 Å². The Morgan fingerprint density at radius 3 is 2.86 bits per heavy atom. The number of rotatable bonds is 4. The molecule has 1 N–H and O–H groups in total. The fourth-order valence-corrected chi connectivity index (χ4v) is 4.15. The second kappa shape index (κ2) is 7.37. The highest BCUT2D eigenvalue weighted by atomic mass is 35.5. The van der Waals surface area contributed by atoms with Crippen LogP contribution in [0.4, 0.5) is 0 Å². The van der Waals surface area contributed by atoms with Gasteiger partial charge < -0.3 is 9.88 Å². The third kappa shape index (κ3) is 3.40. The van der Waals surface area contributed by atoms with Crippen molar-refractivity contribution >= 4 is 28.5 Å². The number of H-pyrrole nitrogens is 1. The summed E-state index contributed by atoms with van der Waals surface area (Å²) >= 11 is 6.24. The third-order valence-corrected chi connectivity index (χ3v) is 5.78. The molecule has 29 heavy (non-hydrogen) atoms. The van der Waals surface area contributed by atoms with Crippen LogP contribution in [0.5, 0.6) is 0 Å². The molecular formula is C22H20ClN5O. The van der Waals surface area contributed by atoms with E-state index in [0.717, 1.165) is 41.8 Å². The zero-order valence-electron chi connectivity index (χ0n) is 15.8. The highest BCUT2D eigenvalue weighted by Crippen LogP contribution is 2.32. The Labute approximate surface area is 173 Å². The number of benzene rings is 2. The van der Waals surface area contributed by atoms with Crippen LogP contribution in [0.2, 0.25) is 5.02 Å². The summed E-state index contributed by atoms with van der Waals surface area (Å²) < 4.78 is 1.75. The van der Waals surface area contributed by atoms with E-state index in [9.17, 15) is 4.79 Å². The number of hydrogen-bond acceptors (Lipinski definition) is 3. The van der Waals surface area contributed by atoms with Gasteiger partial charge in [-0.1, -0.05) is 41.9 Å². The van der Waals surface area contributed by atoms with Crippen LogP contribution in [0.3, 0.4) is 0 Å². The standard InChI is InChI=1S/C22H20ClN5O/c23-17-7-2-1-6-15(17)13-27-14-16(12-24-27)22(29)28-11-5-10-20(28)21-25-18-8-3-4-9-19(18)26-21/h1-4,6-9,12,14,20H,5,10-11,13H2,(H,25,26)/t20-/m0/s1. The number of imidazole rings is 1. The lowest BCUT2D eigenvalue weighted by molar-refractivity contribution is 0.0730. The number of aromatic amines is 1. The van der Waals surface area contributed by atoms with Crippen molar-refractivity contribution in [3.63, 3.8) is 0 Å². The van der Waals surface area contributed by atoms with Crippen LogP contribution < -0.4 is 0 Å². The van der Waals surface area contributed by atoms with Gasteiger partial charge in [0, 0.05) is 17.8 Å². The van der Waals surface area contributed by atoms with E-state index in [2.05, 4.69) is 10.1 Å². The van der Waals surface area contributed by atoms with E-state index < -0.39 is 0 Å². The van der Waals surface area contributed by atoms with Crippen molar-refractivity contribution in [1.82, 2.24) is 24.6 Å². The van der Waals surface area contributed by atoms with Crippen molar-refractivity contribution < 1.29 is 4.79 Å². The number of carbonyl (C=O) groups excluding carboxylic acids is 1. The topological polar surface area (TPSA) is 66.8 Å². The first-order valence-corrected chi connectivity index (χ1v) is 10.1. The highest BCUT2D eigenvalue weighted by molar-refractivity contribution is 6.31. The highest BCUT2D eigenvalue weighted by Gasteiger charge is 2.33. The first-order valence-electron chi connectivity index (χ1n) is 9.70. The maximum atomic E-state index is 13.2. The van der Waals surface area contributed by atoms with Crippen LogP contribution in [0.1, 0.15) is 40.6 Å². The van der Waals surface area contributed by atoms with Crippen LogP contribution in [-0.4, -0.2) is 37.1 Å². The van der Waals surface area contributed by atoms with Crippen molar-refractivity contribution in [2.24, 2.45) is 0 Å². The number of para-hydroxylation sites is 2. The zero-order valence-corrected chi connectivity index (χ0v) is 16.5. The summed E-state index contributed by atoms with van der Waals surface area (Å²) in [4.78, 5) is 23.2. The normalized spacial score (nSPS) is 16.6. The predicted octanol–water partition coefficient (Wildman–Crippen LogP) is 4.44. The quantitative estimate of drug-likeness (QED) is 0.545. The van der Waals surface area contributed by atoms with Gasteiger partial charge in [0.05, 0.1) is 35.4 Å². The van der Waals surface area contributed by atoms with Crippen molar-refractivity contribution in [2.45, 2.75) is 25.4 Å². The van der Waals surface area contributed by atoms with Gasteiger partial charge in [0.15, 0.2) is 0 Å². The lowest BCUT2D eigenvalue weighted by atomic mass is 10.2. The molecule has 0 aliphatic carbocycles. The Balaban J connectivity index is 1.37. The van der Waals surface area contributed by atoms with Gasteiger partial charge in [-0.05, 0) is 36.6 Å². The number of carbonyl (C=O) groups is 1. The number of likely N-dealkylation sites (tertiary alicyclic amines) is 1. The molecule has 146 valence electrons. The summed E-state index contributed by atoms with van der Waals surface area (Å²) in [5.74, 6) is 0.832. The average molecular weight is 406 g/mol. The van der Waals surface area contributed by atoms with Gasteiger partial charge in [0.1, 0.15) is 5.82 Å². The molecule has 4 aromatic rings. The number of halogens is 1. The summed E-state index contributed by atoms with van der Waals surface area (Å²) in [5, 5.41) is 5.06. The number of nitrogens with one attached hydrogen (secondary N) is 1. The molecule has 5 rings (SSSR count). The predicted molar refractivity (Wildman–Crippen MR) is 112 cm³/mol. The molecule has 0 bridgehead atoms. The van der Waals surface area contributed by atoms with E-state index in [1.165, 1.54) is 0 Å². The molecule has 2 aromatic carbocycles. The van der Waals surface area contributed by atoms with Crippen molar-refractivity contribution in [3.05, 3.63) is 82.9 Å². The zero-order chi connectivity index (χ0) is 19.8. The Hall–Kier alpha value is -3.12. The molecule has 2 aromatic heterocycles. The Morgan fingerprint density at radius 1 is 1.17 bits per heavy atom. The molecule has 1 saturated heterocycles. The number of nitrogens with zero attached hydrogens (tertiary/aromatic N) is 4. The smallest absolute Gasteiger partial charge is 0.257 e. The molecule has 0 saturated carbocycles. The molecule has 0 radical (unpaired) electrons. The maximum Gasteiger partial charge on any atom is 0.257 e. The van der Waals surface area contributed by atoms with E-state index in [-0.39, 0.29) is 11.9 Å². The van der Waals surface area contributed by atoms with Crippen LogP contribution in [0.15, 0.2) is 60.9 Å². The average Bonchev–Trinajstić information content (AvgIpc) is 3.48. The Kier molecular flexibility index (Phi) is 4.56. The monoisotopic (exact) mass is 405 g/mol. The van der Waals surface area contributed by atoms with Crippen LogP contribution in [0, 0.1) is 0 Å². The molecule has 1 aliphatic heterocycles. The molecule has 6 nitrogen and oxygen atoms in total. The molecule has 0 spiro atoms. The first kappa shape index (κ1) is 17.9. The Morgan fingerprint density at radius 2 is 2.00 bits per heavy atom. The number of hydrogen-bond donors (Lipinski definition) is 1. The van der Waals surface area contributed by atoms with Crippen LogP contribution in [-0.2, 0) is 6.54 Å². The molecule has 7 heteroatoms. The largest absolute Gasteiger partial charge is 0.340 e. The lowest BCUT2D eigenvalue weighted by Gasteiger charge is -2.22. The minimum Gasteiger partial charge on any atom is -0.340 e. The Bertz CT molecular complexity index is 1150. The van der Waals surface area contributed by atoms with Gasteiger partial charge in [-0.2, -0.15) is 5.10 Å². The lowest BCUT2D eigenvalue weighted by Crippen LogP contribution is -2.30. The molecule has 1 amide bonds. The van der Waals surface area contributed by atoms with Crippen molar-refractivity contribution in [2.75, 3.05) is 6.54 Å². The second-order valence-electron chi connectivity index (χ2n) is 7.31. The van der Waals surface area contributed by atoms with E-state index in [4.69, 9.17) is 16.6 Å². The third-order valence-electron chi connectivity index (χ3n) is 5.41. The van der Waals surface area contributed by atoms with E-state index >= 15 is 0 Å². The van der Waals surface area contributed by atoms with Gasteiger partial charge in [-0.3, -0.25) is 9.48 Å². The summed E-state index contributed by atoms with van der Waals surface area (Å²) in [6, 6.07) is 15.6. The van der Waals surface area contributed by atoms with Crippen LogP contribution in [0.25, 0.3) is 11.0 Å². The molecule has 1 atom stereocenters. The summed E-state index contributed by atoms with van der Waals surface area (Å²) in [6.45, 7) is 1.25. The van der Waals surface area contributed by atoms with E-state index in [0.29, 0.717) is 17.1 Å². The molecule has 0 unspecified atom stereocenters. The number of amides is 1. The molecule has 3 heterocycles. The summed E-state index contributed by atoms with van der Waals surface area (Å²) in [6.07, 6.45) is 5.29. The summed E-state index contributed by atoms with van der Waals surface area (Å²) in [7, 11) is 0. The fraction of sp³-hybridized carbons (Fsp3) is 0.227. The van der Waals surface area contributed by atoms with Crippen LogP contribution >= 0.6 is 11.6 Å². The van der Waals surface area contributed by atoms with Gasteiger partial charge in [0.2, 0.25) is 0 Å². The second-order valence-corrected chi connectivity index (χ2v) is 7.72. The first-order chi connectivity index (χ1) is 14.2. The van der Waals surface area contributed by atoms with Crippen molar-refractivity contribution in [1.29, 1.82) is 0 Å². The number of fused-ring (bicyclic) bond motifs is 1. The molecule has 1 fully saturated rings. The summed E-state index contributed by atoms with van der Waals surface area (Å²) in [5.41, 5.74) is 3.47. The van der Waals surface area contributed by atoms with Gasteiger partial charge in [-0.25, -0.2) is 4.98 Å². The van der Waals surface area contributed by atoms with Gasteiger partial charge >= 0.3 is 0 Å². The SMILES string of the molecule is O=C(c1cnn(Cc2ccccc2Cl)c1)N1CCC[C@H]1c1nc2ccccc2[nH]1. The minimum absolute atomic E-state index is 0.0154.